The lowest BCUT2D eigenvalue weighted by Gasteiger charge is -2.61. The van der Waals surface area contributed by atoms with E-state index in [-0.39, 0.29) is 38.0 Å². The maximum absolute atomic E-state index is 12.9. The van der Waals surface area contributed by atoms with Gasteiger partial charge in [0.2, 0.25) is 0 Å². The van der Waals surface area contributed by atoms with Crippen molar-refractivity contribution in [3.8, 4) is 0 Å². The van der Waals surface area contributed by atoms with E-state index in [0.717, 1.165) is 25.7 Å². The number of hydrogen-bond acceptors (Lipinski definition) is 4. The third-order valence-corrected chi connectivity index (χ3v) is 11.9. The summed E-state index contributed by atoms with van der Waals surface area (Å²) in [6.45, 7) is 7.49. The monoisotopic (exact) mass is 528 g/mol. The zero-order valence-corrected chi connectivity index (χ0v) is 20.8. The van der Waals surface area contributed by atoms with Gasteiger partial charge >= 0.3 is 5.97 Å². The van der Waals surface area contributed by atoms with Gasteiger partial charge in [-0.2, -0.15) is 0 Å². The van der Waals surface area contributed by atoms with E-state index in [1.165, 1.54) is 12.5 Å². The predicted octanol–water partition coefficient (Wildman–Crippen LogP) is 5.16. The van der Waals surface area contributed by atoms with Gasteiger partial charge in [-0.1, -0.05) is 45.7 Å². The third kappa shape index (κ3) is 2.83. The van der Waals surface area contributed by atoms with Crippen molar-refractivity contribution in [3.05, 3.63) is 11.6 Å². The van der Waals surface area contributed by atoms with E-state index in [2.05, 4.69) is 45.7 Å². The Labute approximate surface area is 189 Å². The Morgan fingerprint density at radius 1 is 1.07 bits per heavy atom. The van der Waals surface area contributed by atoms with Gasteiger partial charge in [-0.15, -0.1) is 0 Å². The molecule has 6 heteroatoms. The summed E-state index contributed by atoms with van der Waals surface area (Å²) < 4.78 is 5.85. The first kappa shape index (κ1) is 21.7. The molecule has 4 rings (SSSR count). The van der Waals surface area contributed by atoms with E-state index < -0.39 is 5.60 Å². The summed E-state index contributed by atoms with van der Waals surface area (Å²) in [7, 11) is 0. The van der Waals surface area contributed by atoms with Crippen LogP contribution in [0.2, 0.25) is 0 Å². The number of halogens is 2. The number of allylic oxidation sites excluding steroid dienone is 1. The summed E-state index contributed by atoms with van der Waals surface area (Å²) in [6, 6.07) is 0. The lowest BCUT2D eigenvalue weighted by Crippen LogP contribution is -2.61. The molecule has 8 atom stereocenters. The number of carbonyl (C=O) groups is 3. The van der Waals surface area contributed by atoms with E-state index in [0.29, 0.717) is 30.6 Å². The molecule has 4 nitrogen and oxygen atoms in total. The molecule has 0 saturated heterocycles. The average molecular weight is 530 g/mol. The fourth-order valence-corrected chi connectivity index (χ4v) is 9.57. The molecule has 29 heavy (non-hydrogen) atoms. The Balaban J connectivity index is 1.78. The van der Waals surface area contributed by atoms with Crippen LogP contribution in [0.4, 0.5) is 0 Å². The maximum Gasteiger partial charge on any atom is 0.303 e. The van der Waals surface area contributed by atoms with Gasteiger partial charge in [-0.05, 0) is 73.8 Å². The van der Waals surface area contributed by atoms with E-state index in [1.54, 1.807) is 6.92 Å². The summed E-state index contributed by atoms with van der Waals surface area (Å²) in [5.41, 5.74) is -0.132. The highest BCUT2D eigenvalue weighted by Gasteiger charge is 2.69. The van der Waals surface area contributed by atoms with Crippen LogP contribution in [-0.4, -0.2) is 32.8 Å². The highest BCUT2D eigenvalue weighted by molar-refractivity contribution is 9.12. The highest BCUT2D eigenvalue weighted by atomic mass is 79.9. The number of ether oxygens (including phenoxy) is 1. The molecule has 0 aromatic carbocycles. The van der Waals surface area contributed by atoms with Crippen molar-refractivity contribution < 1.29 is 19.1 Å². The van der Waals surface area contributed by atoms with E-state index in [1.807, 2.05) is 6.08 Å². The van der Waals surface area contributed by atoms with Gasteiger partial charge in [0.15, 0.2) is 17.2 Å². The molecule has 4 aliphatic carbocycles. The fourth-order valence-electron chi connectivity index (χ4n) is 7.54. The molecule has 3 fully saturated rings. The summed E-state index contributed by atoms with van der Waals surface area (Å²) in [5, 5.41) is 0. The van der Waals surface area contributed by atoms with Gasteiger partial charge in [0.05, 0.1) is 0 Å². The molecule has 0 heterocycles. The summed E-state index contributed by atoms with van der Waals surface area (Å²) in [6.07, 6.45) is 6.74. The van der Waals surface area contributed by atoms with Crippen molar-refractivity contribution in [2.45, 2.75) is 81.5 Å². The first-order valence-electron chi connectivity index (χ1n) is 10.7. The van der Waals surface area contributed by atoms with Crippen molar-refractivity contribution in [2.24, 2.45) is 28.6 Å². The average Bonchev–Trinajstić information content (AvgIpc) is 2.94. The molecule has 0 bridgehead atoms. The first-order chi connectivity index (χ1) is 13.5. The molecular formula is C23H30Br2O4. The number of rotatable bonds is 2. The van der Waals surface area contributed by atoms with Crippen LogP contribution in [0.1, 0.15) is 66.2 Å². The van der Waals surface area contributed by atoms with Crippen LogP contribution in [0.15, 0.2) is 11.6 Å². The minimum Gasteiger partial charge on any atom is -0.451 e. The smallest absolute Gasteiger partial charge is 0.303 e. The Hall–Kier alpha value is -0.490. The molecule has 0 aromatic rings. The van der Waals surface area contributed by atoms with Gasteiger partial charge in [0.1, 0.15) is 0 Å². The number of esters is 1. The standard InChI is InChI=1S/C23H30Br2O4/c1-12(26)23(29-13(2)27)10-7-16-18-15(6-9-22(16,23)4)21(3)8-5-14(28)11-17(21)19(24)20(18)25/h11,15-16,18-20H,5-10H2,1-4H3/t15-,16-,18+,19-,20-,21+,22-,23-/m0/s1. The van der Waals surface area contributed by atoms with Crippen LogP contribution < -0.4 is 0 Å². The summed E-state index contributed by atoms with van der Waals surface area (Å²) in [4.78, 5) is 37.3. The molecule has 0 aromatic heterocycles. The van der Waals surface area contributed by atoms with Gasteiger partial charge in [-0.25, -0.2) is 0 Å². The molecule has 0 unspecified atom stereocenters. The fraction of sp³-hybridized carbons (Fsp3) is 0.783. The summed E-state index contributed by atoms with van der Waals surface area (Å²) in [5.74, 6) is 0.952. The molecule has 4 aliphatic rings. The quantitative estimate of drug-likeness (QED) is 0.366. The Morgan fingerprint density at radius 3 is 2.34 bits per heavy atom. The lowest BCUT2D eigenvalue weighted by atomic mass is 9.46. The lowest BCUT2D eigenvalue weighted by molar-refractivity contribution is -0.186. The van der Waals surface area contributed by atoms with Crippen LogP contribution in [0.25, 0.3) is 0 Å². The van der Waals surface area contributed by atoms with Gasteiger partial charge in [0, 0.05) is 28.4 Å². The normalized spacial score (nSPS) is 48.8. The molecule has 0 amide bonds. The molecule has 0 N–H and O–H groups in total. The number of carbonyl (C=O) groups excluding carboxylic acids is 3. The zero-order chi connectivity index (χ0) is 21.4. The minimum absolute atomic E-state index is 0.00124. The topological polar surface area (TPSA) is 60.4 Å². The van der Waals surface area contributed by atoms with Crippen LogP contribution in [0.3, 0.4) is 0 Å². The van der Waals surface area contributed by atoms with Gasteiger partial charge in [0.25, 0.3) is 0 Å². The zero-order valence-electron chi connectivity index (χ0n) is 17.6. The van der Waals surface area contributed by atoms with Crippen LogP contribution in [0.5, 0.6) is 0 Å². The molecule has 160 valence electrons. The number of hydrogen-bond donors (Lipinski definition) is 0. The van der Waals surface area contributed by atoms with Crippen molar-refractivity contribution in [1.82, 2.24) is 0 Å². The number of fused-ring (bicyclic) bond motifs is 5. The SMILES string of the molecule is CC(=O)O[C@]1(C(C)=O)CC[C@H]2[C@@H]3[C@H](Br)[C@@H](Br)C4=CC(=O)CC[C@]4(C)[C@H]3CC[C@@]21C. The van der Waals surface area contributed by atoms with E-state index in [9.17, 15) is 14.4 Å². The Morgan fingerprint density at radius 2 is 1.72 bits per heavy atom. The number of ketones is 2. The largest absolute Gasteiger partial charge is 0.451 e. The third-order valence-electron chi connectivity index (χ3n) is 8.97. The molecule has 3 saturated carbocycles. The van der Waals surface area contributed by atoms with Crippen molar-refractivity contribution >= 4 is 49.4 Å². The first-order valence-corrected chi connectivity index (χ1v) is 12.5. The van der Waals surface area contributed by atoms with Gasteiger partial charge in [-0.3, -0.25) is 14.4 Å². The maximum atomic E-state index is 12.9. The molecule has 0 radical (unpaired) electrons. The van der Waals surface area contributed by atoms with Crippen LogP contribution >= 0.6 is 31.9 Å². The Bertz CT molecular complexity index is 807. The van der Waals surface area contributed by atoms with E-state index >= 15 is 0 Å². The molecule has 0 aliphatic heterocycles. The number of alkyl halides is 2. The van der Waals surface area contributed by atoms with Crippen LogP contribution in [-0.2, 0) is 19.1 Å². The van der Waals surface area contributed by atoms with E-state index in [4.69, 9.17) is 4.74 Å². The molecular weight excluding hydrogens is 500 g/mol. The molecule has 0 spiro atoms. The number of Topliss-reactive ketones (excluding diaryl/α,β-unsaturated/α-hetero) is 1. The second-order valence-corrected chi connectivity index (χ2v) is 12.1. The summed E-state index contributed by atoms with van der Waals surface area (Å²) >= 11 is 7.91. The second-order valence-electron chi connectivity index (χ2n) is 10.1. The second kappa shape index (κ2) is 7.01. The van der Waals surface area contributed by atoms with Crippen molar-refractivity contribution in [2.75, 3.05) is 0 Å². The van der Waals surface area contributed by atoms with Gasteiger partial charge < -0.3 is 4.74 Å². The highest BCUT2D eigenvalue weighted by Crippen LogP contribution is 2.69. The minimum atomic E-state index is -1.01. The predicted molar refractivity (Wildman–Crippen MR) is 118 cm³/mol. The van der Waals surface area contributed by atoms with Crippen molar-refractivity contribution in [3.63, 3.8) is 0 Å². The van der Waals surface area contributed by atoms with Crippen molar-refractivity contribution in [1.29, 1.82) is 0 Å². The van der Waals surface area contributed by atoms with Crippen LogP contribution in [0, 0.1) is 28.6 Å². The Kier molecular flexibility index (Phi) is 5.25.